The molecule has 0 bridgehead atoms. The summed E-state index contributed by atoms with van der Waals surface area (Å²) in [5.41, 5.74) is 0. The van der Waals surface area contributed by atoms with Crippen LogP contribution in [0.15, 0.2) is 0 Å². The number of carboxylic acids is 1. The normalized spacial score (nSPS) is 27.2. The first kappa shape index (κ1) is 14.1. The van der Waals surface area contributed by atoms with Gasteiger partial charge in [-0.05, 0) is 26.2 Å². The molecule has 2 aliphatic rings. The number of carbonyl (C=O) groups is 2. The molecule has 2 unspecified atom stereocenters. The number of nitrogens with zero attached hydrogens (tertiary/aromatic N) is 2. The number of ether oxygens (including phenoxy) is 1. The highest BCUT2D eigenvalue weighted by molar-refractivity contribution is 5.81. The van der Waals surface area contributed by atoms with E-state index < -0.39 is 5.97 Å². The second kappa shape index (κ2) is 5.77. The van der Waals surface area contributed by atoms with Crippen LogP contribution < -0.4 is 0 Å². The van der Waals surface area contributed by atoms with E-state index in [-0.39, 0.29) is 30.8 Å². The second-order valence-electron chi connectivity index (χ2n) is 5.39. The fourth-order valence-electron chi connectivity index (χ4n) is 2.47. The van der Waals surface area contributed by atoms with Crippen molar-refractivity contribution in [1.82, 2.24) is 9.80 Å². The Morgan fingerprint density at radius 3 is 2.63 bits per heavy atom. The monoisotopic (exact) mass is 270 g/mol. The molecule has 6 heteroatoms. The van der Waals surface area contributed by atoms with E-state index in [0.717, 1.165) is 19.3 Å². The molecule has 6 nitrogen and oxygen atoms in total. The molecule has 2 amide bonds. The van der Waals surface area contributed by atoms with Crippen LogP contribution in [0.25, 0.3) is 0 Å². The summed E-state index contributed by atoms with van der Waals surface area (Å²) >= 11 is 0. The Bertz CT molecular complexity index is 357. The highest BCUT2D eigenvalue weighted by atomic mass is 16.5. The van der Waals surface area contributed by atoms with Crippen LogP contribution in [0.4, 0.5) is 4.79 Å². The zero-order valence-electron chi connectivity index (χ0n) is 11.5. The Balaban J connectivity index is 2.07. The number of carboxylic acid groups (broad SMARTS) is 1. The van der Waals surface area contributed by atoms with Crippen LogP contribution in [0.2, 0.25) is 0 Å². The van der Waals surface area contributed by atoms with Gasteiger partial charge in [0.25, 0.3) is 0 Å². The van der Waals surface area contributed by atoms with Gasteiger partial charge in [0.2, 0.25) is 0 Å². The van der Waals surface area contributed by atoms with Crippen molar-refractivity contribution in [1.29, 1.82) is 0 Å². The number of urea groups is 1. The summed E-state index contributed by atoms with van der Waals surface area (Å²) in [5, 5.41) is 8.95. The van der Waals surface area contributed by atoms with Crippen molar-refractivity contribution < 1.29 is 19.4 Å². The number of hydrogen-bond acceptors (Lipinski definition) is 3. The van der Waals surface area contributed by atoms with Crippen LogP contribution >= 0.6 is 0 Å². The SMILES string of the molecule is CCC1COC(C)CN1C(=O)N(CC(=O)O)C1CC1. The summed E-state index contributed by atoms with van der Waals surface area (Å²) in [7, 11) is 0. The number of morpholine rings is 1. The van der Waals surface area contributed by atoms with E-state index in [0.29, 0.717) is 13.2 Å². The summed E-state index contributed by atoms with van der Waals surface area (Å²) < 4.78 is 5.57. The highest BCUT2D eigenvalue weighted by Gasteiger charge is 2.39. The lowest BCUT2D eigenvalue weighted by atomic mass is 10.1. The molecule has 1 aliphatic carbocycles. The Hall–Kier alpha value is -1.30. The van der Waals surface area contributed by atoms with E-state index in [1.54, 1.807) is 4.90 Å². The summed E-state index contributed by atoms with van der Waals surface area (Å²) in [5.74, 6) is -0.949. The lowest BCUT2D eigenvalue weighted by Crippen LogP contribution is -2.56. The molecule has 1 N–H and O–H groups in total. The fraction of sp³-hybridized carbons (Fsp3) is 0.846. The predicted molar refractivity (Wildman–Crippen MR) is 69.0 cm³/mol. The Kier molecular flexibility index (Phi) is 4.29. The standard InChI is InChI=1S/C13H22N2O4/c1-3-10-8-19-9(2)6-14(10)13(18)15(7-12(16)17)11-4-5-11/h9-11H,3-8H2,1-2H3,(H,16,17). The third-order valence-corrected chi connectivity index (χ3v) is 3.72. The lowest BCUT2D eigenvalue weighted by Gasteiger charge is -2.40. The quantitative estimate of drug-likeness (QED) is 0.832. The molecule has 19 heavy (non-hydrogen) atoms. The van der Waals surface area contributed by atoms with Crippen molar-refractivity contribution in [2.75, 3.05) is 19.7 Å². The largest absolute Gasteiger partial charge is 0.480 e. The molecule has 1 aliphatic heterocycles. The molecule has 2 atom stereocenters. The van der Waals surface area contributed by atoms with Gasteiger partial charge in [0.1, 0.15) is 6.54 Å². The van der Waals surface area contributed by atoms with Gasteiger partial charge in [0, 0.05) is 12.6 Å². The number of carbonyl (C=O) groups excluding carboxylic acids is 1. The van der Waals surface area contributed by atoms with Crippen molar-refractivity contribution in [2.24, 2.45) is 0 Å². The molecule has 0 aromatic carbocycles. The molecular weight excluding hydrogens is 248 g/mol. The van der Waals surface area contributed by atoms with E-state index >= 15 is 0 Å². The molecular formula is C13H22N2O4. The minimum atomic E-state index is -0.949. The maximum Gasteiger partial charge on any atom is 0.323 e. The van der Waals surface area contributed by atoms with Crippen LogP contribution in [-0.4, -0.2) is 64.8 Å². The van der Waals surface area contributed by atoms with E-state index in [9.17, 15) is 9.59 Å². The van der Waals surface area contributed by atoms with Gasteiger partial charge in [0.05, 0.1) is 18.8 Å². The van der Waals surface area contributed by atoms with Gasteiger partial charge in [-0.3, -0.25) is 4.79 Å². The van der Waals surface area contributed by atoms with Gasteiger partial charge in [-0.1, -0.05) is 6.92 Å². The third-order valence-electron chi connectivity index (χ3n) is 3.72. The van der Waals surface area contributed by atoms with Gasteiger partial charge < -0.3 is 19.6 Å². The second-order valence-corrected chi connectivity index (χ2v) is 5.39. The summed E-state index contributed by atoms with van der Waals surface area (Å²) in [6, 6.07) is 0.0184. The van der Waals surface area contributed by atoms with Gasteiger partial charge in [-0.2, -0.15) is 0 Å². The lowest BCUT2D eigenvalue weighted by molar-refractivity contribution is -0.138. The van der Waals surface area contributed by atoms with Gasteiger partial charge in [0.15, 0.2) is 0 Å². The first-order valence-corrected chi connectivity index (χ1v) is 6.93. The average Bonchev–Trinajstić information content (AvgIpc) is 3.19. The summed E-state index contributed by atoms with van der Waals surface area (Å²) in [4.78, 5) is 26.8. The fourth-order valence-corrected chi connectivity index (χ4v) is 2.47. The highest BCUT2D eigenvalue weighted by Crippen LogP contribution is 2.29. The Morgan fingerprint density at radius 2 is 2.11 bits per heavy atom. The molecule has 1 saturated carbocycles. The summed E-state index contributed by atoms with van der Waals surface area (Å²) in [6.07, 6.45) is 2.66. The van der Waals surface area contributed by atoms with Crippen molar-refractivity contribution in [3.63, 3.8) is 0 Å². The minimum absolute atomic E-state index is 0.0117. The van der Waals surface area contributed by atoms with Crippen LogP contribution in [0.5, 0.6) is 0 Å². The average molecular weight is 270 g/mol. The van der Waals surface area contributed by atoms with Gasteiger partial charge in [-0.25, -0.2) is 4.79 Å². The predicted octanol–water partition coefficient (Wildman–Crippen LogP) is 1.15. The molecule has 0 spiro atoms. The topological polar surface area (TPSA) is 70.1 Å². The number of amides is 2. The molecule has 0 radical (unpaired) electrons. The summed E-state index contributed by atoms with van der Waals surface area (Å²) in [6.45, 7) is 4.83. The van der Waals surface area contributed by atoms with Crippen LogP contribution in [-0.2, 0) is 9.53 Å². The zero-order valence-corrected chi connectivity index (χ0v) is 11.5. The molecule has 2 fully saturated rings. The zero-order chi connectivity index (χ0) is 14.0. The number of rotatable bonds is 4. The van der Waals surface area contributed by atoms with Crippen LogP contribution in [0.3, 0.4) is 0 Å². The Labute approximate surface area is 113 Å². The molecule has 0 aromatic rings. The number of aliphatic carboxylic acids is 1. The first-order valence-electron chi connectivity index (χ1n) is 6.93. The van der Waals surface area contributed by atoms with Gasteiger partial charge in [-0.15, -0.1) is 0 Å². The molecule has 2 rings (SSSR count). The van der Waals surface area contributed by atoms with E-state index in [1.165, 1.54) is 4.90 Å². The van der Waals surface area contributed by atoms with Crippen molar-refractivity contribution in [3.8, 4) is 0 Å². The van der Waals surface area contributed by atoms with Crippen molar-refractivity contribution in [3.05, 3.63) is 0 Å². The van der Waals surface area contributed by atoms with E-state index in [2.05, 4.69) is 0 Å². The van der Waals surface area contributed by atoms with Crippen molar-refractivity contribution in [2.45, 2.75) is 51.3 Å². The van der Waals surface area contributed by atoms with E-state index in [4.69, 9.17) is 9.84 Å². The molecule has 0 aromatic heterocycles. The van der Waals surface area contributed by atoms with Crippen LogP contribution in [0.1, 0.15) is 33.1 Å². The maximum atomic E-state index is 12.6. The van der Waals surface area contributed by atoms with Crippen LogP contribution in [0, 0.1) is 0 Å². The minimum Gasteiger partial charge on any atom is -0.480 e. The van der Waals surface area contributed by atoms with Gasteiger partial charge >= 0.3 is 12.0 Å². The molecule has 108 valence electrons. The third kappa shape index (κ3) is 3.37. The molecule has 1 heterocycles. The Morgan fingerprint density at radius 1 is 1.42 bits per heavy atom. The molecule has 1 saturated heterocycles. The van der Waals surface area contributed by atoms with Crippen molar-refractivity contribution >= 4 is 12.0 Å². The maximum absolute atomic E-state index is 12.6. The number of hydrogen-bond donors (Lipinski definition) is 1. The van der Waals surface area contributed by atoms with E-state index in [1.807, 2.05) is 13.8 Å². The first-order chi connectivity index (χ1) is 9.02. The smallest absolute Gasteiger partial charge is 0.323 e.